The number of anilines is 1. The summed E-state index contributed by atoms with van der Waals surface area (Å²) >= 11 is 1.37. The number of thioether (sulfide) groups is 1. The molecule has 1 amide bonds. The Morgan fingerprint density at radius 3 is 2.57 bits per heavy atom. The fourth-order valence-corrected chi connectivity index (χ4v) is 4.56. The molecule has 0 radical (unpaired) electrons. The van der Waals surface area contributed by atoms with Gasteiger partial charge in [0.15, 0.2) is 0 Å². The summed E-state index contributed by atoms with van der Waals surface area (Å²) in [6.45, 7) is 5.75. The minimum Gasteiger partial charge on any atom is -0.325 e. The van der Waals surface area contributed by atoms with Gasteiger partial charge in [0.25, 0.3) is 0 Å². The van der Waals surface area contributed by atoms with Crippen LogP contribution < -0.4 is 11.0 Å². The van der Waals surface area contributed by atoms with Gasteiger partial charge in [-0.3, -0.25) is 9.36 Å². The SMILES string of the molecule is CC(C)c1ccc(NC(=O)CSc2nc(=O)n(CCN(C)C)c3c2CCCC3)cc1. The number of rotatable bonds is 8. The highest BCUT2D eigenvalue weighted by atomic mass is 32.2. The van der Waals surface area contributed by atoms with Gasteiger partial charge < -0.3 is 10.2 Å². The summed E-state index contributed by atoms with van der Waals surface area (Å²) in [4.78, 5) is 31.5. The number of hydrogen-bond acceptors (Lipinski definition) is 5. The summed E-state index contributed by atoms with van der Waals surface area (Å²) < 4.78 is 1.83. The number of aromatic nitrogens is 2. The van der Waals surface area contributed by atoms with Crippen LogP contribution in [0.25, 0.3) is 0 Å². The highest BCUT2D eigenvalue weighted by molar-refractivity contribution is 8.00. The van der Waals surface area contributed by atoms with Crippen LogP contribution >= 0.6 is 11.8 Å². The smallest absolute Gasteiger partial charge is 0.325 e. The maximum atomic E-state index is 12.7. The van der Waals surface area contributed by atoms with Crippen molar-refractivity contribution in [3.63, 3.8) is 0 Å². The first kappa shape index (κ1) is 22.6. The molecule has 30 heavy (non-hydrogen) atoms. The van der Waals surface area contributed by atoms with Gasteiger partial charge in [0.1, 0.15) is 5.03 Å². The minimum atomic E-state index is -0.204. The molecule has 6 nitrogen and oxygen atoms in total. The number of benzene rings is 1. The molecule has 0 bridgehead atoms. The highest BCUT2D eigenvalue weighted by Gasteiger charge is 2.21. The standard InChI is InChI=1S/C23H32N4O2S/c1-16(2)17-9-11-18(12-10-17)24-21(28)15-30-22-19-7-5-6-8-20(19)27(23(29)25-22)14-13-26(3)4/h9-12,16H,5-8,13-15H2,1-4H3,(H,24,28). The molecular weight excluding hydrogens is 396 g/mol. The van der Waals surface area contributed by atoms with Gasteiger partial charge in [-0.25, -0.2) is 4.79 Å². The van der Waals surface area contributed by atoms with Gasteiger partial charge in [0, 0.05) is 30.0 Å². The summed E-state index contributed by atoms with van der Waals surface area (Å²) in [7, 11) is 4.01. The average Bonchev–Trinajstić information content (AvgIpc) is 2.71. The number of amides is 1. The van der Waals surface area contributed by atoms with E-state index in [1.165, 1.54) is 17.3 Å². The molecule has 0 saturated heterocycles. The van der Waals surface area contributed by atoms with Crippen LogP contribution in [0.2, 0.25) is 0 Å². The molecule has 1 aromatic heterocycles. The van der Waals surface area contributed by atoms with E-state index in [9.17, 15) is 9.59 Å². The van der Waals surface area contributed by atoms with Crippen molar-refractivity contribution >= 4 is 23.4 Å². The predicted octanol–water partition coefficient (Wildman–Crippen LogP) is 3.54. The minimum absolute atomic E-state index is 0.0829. The van der Waals surface area contributed by atoms with Crippen LogP contribution in [0, 0.1) is 0 Å². The molecule has 0 spiro atoms. The normalized spacial score (nSPS) is 13.5. The van der Waals surface area contributed by atoms with E-state index in [4.69, 9.17) is 0 Å². The molecule has 1 aromatic carbocycles. The number of carbonyl (C=O) groups excluding carboxylic acids is 1. The van der Waals surface area contributed by atoms with E-state index in [1.807, 2.05) is 42.9 Å². The van der Waals surface area contributed by atoms with Gasteiger partial charge in [-0.2, -0.15) is 4.98 Å². The molecule has 1 N–H and O–H groups in total. The number of fused-ring (bicyclic) bond motifs is 1. The molecule has 1 aliphatic carbocycles. The largest absolute Gasteiger partial charge is 0.348 e. The average molecular weight is 429 g/mol. The lowest BCUT2D eigenvalue weighted by Gasteiger charge is -2.23. The van der Waals surface area contributed by atoms with Crippen LogP contribution in [0.3, 0.4) is 0 Å². The first-order chi connectivity index (χ1) is 14.3. The summed E-state index contributed by atoms with van der Waals surface area (Å²) in [5.74, 6) is 0.620. The Kier molecular flexibility index (Phi) is 7.72. The zero-order valence-electron chi connectivity index (χ0n) is 18.4. The Balaban J connectivity index is 1.69. The summed E-state index contributed by atoms with van der Waals surface area (Å²) in [5, 5.41) is 3.66. The third-order valence-corrected chi connectivity index (χ3v) is 6.44. The molecule has 0 fully saturated rings. The number of nitrogens with zero attached hydrogens (tertiary/aromatic N) is 3. The molecular formula is C23H32N4O2S. The summed E-state index contributed by atoms with van der Waals surface area (Å²) in [6, 6.07) is 7.95. The van der Waals surface area contributed by atoms with Crippen LogP contribution in [0.15, 0.2) is 34.1 Å². The van der Waals surface area contributed by atoms with Crippen molar-refractivity contribution in [3.8, 4) is 0 Å². The quantitative estimate of drug-likeness (QED) is 0.515. The van der Waals surface area contributed by atoms with Crippen LogP contribution in [0.4, 0.5) is 5.69 Å². The third kappa shape index (κ3) is 5.73. The van der Waals surface area contributed by atoms with Crippen molar-refractivity contribution < 1.29 is 4.79 Å². The Morgan fingerprint density at radius 2 is 1.90 bits per heavy atom. The van der Waals surface area contributed by atoms with Gasteiger partial charge in [0.05, 0.1) is 5.75 Å². The van der Waals surface area contributed by atoms with Crippen molar-refractivity contribution in [2.75, 3.05) is 31.7 Å². The molecule has 0 aliphatic heterocycles. The van der Waals surface area contributed by atoms with E-state index in [0.717, 1.165) is 54.2 Å². The van der Waals surface area contributed by atoms with Crippen molar-refractivity contribution in [1.82, 2.24) is 14.5 Å². The second-order valence-corrected chi connectivity index (χ2v) is 9.36. The molecule has 0 atom stereocenters. The number of hydrogen-bond donors (Lipinski definition) is 1. The van der Waals surface area contributed by atoms with E-state index in [2.05, 4.69) is 29.0 Å². The highest BCUT2D eigenvalue weighted by Crippen LogP contribution is 2.28. The van der Waals surface area contributed by atoms with Crippen LogP contribution in [0.5, 0.6) is 0 Å². The van der Waals surface area contributed by atoms with Gasteiger partial charge in [-0.15, -0.1) is 0 Å². The van der Waals surface area contributed by atoms with Gasteiger partial charge >= 0.3 is 5.69 Å². The molecule has 7 heteroatoms. The fourth-order valence-electron chi connectivity index (χ4n) is 3.68. The number of nitrogens with one attached hydrogen (secondary N) is 1. The maximum absolute atomic E-state index is 12.7. The lowest BCUT2D eigenvalue weighted by Crippen LogP contribution is -2.33. The van der Waals surface area contributed by atoms with Gasteiger partial charge in [0.2, 0.25) is 5.91 Å². The summed E-state index contributed by atoms with van der Waals surface area (Å²) in [6.07, 6.45) is 4.02. The van der Waals surface area contributed by atoms with Crippen LogP contribution in [0.1, 0.15) is 49.4 Å². The van der Waals surface area contributed by atoms with E-state index in [1.54, 1.807) is 0 Å². The Bertz CT molecular complexity index is 935. The van der Waals surface area contributed by atoms with Crippen molar-refractivity contribution in [2.24, 2.45) is 0 Å². The predicted molar refractivity (Wildman–Crippen MR) is 124 cm³/mol. The Hall–Kier alpha value is -2.12. The van der Waals surface area contributed by atoms with Crippen molar-refractivity contribution in [1.29, 1.82) is 0 Å². The Labute approximate surface area is 183 Å². The second kappa shape index (κ2) is 10.3. The first-order valence-electron chi connectivity index (χ1n) is 10.6. The van der Waals surface area contributed by atoms with E-state index >= 15 is 0 Å². The summed E-state index contributed by atoms with van der Waals surface area (Å²) in [5.41, 5.74) is 4.09. The van der Waals surface area contributed by atoms with Crippen LogP contribution in [-0.2, 0) is 24.2 Å². The molecule has 3 rings (SSSR count). The lowest BCUT2D eigenvalue weighted by molar-refractivity contribution is -0.113. The van der Waals surface area contributed by atoms with Crippen molar-refractivity contribution in [3.05, 3.63) is 51.6 Å². The molecule has 1 aliphatic rings. The third-order valence-electron chi connectivity index (χ3n) is 5.42. The van der Waals surface area contributed by atoms with Crippen LogP contribution in [-0.4, -0.2) is 46.8 Å². The topological polar surface area (TPSA) is 67.2 Å². The van der Waals surface area contributed by atoms with E-state index in [-0.39, 0.29) is 17.3 Å². The Morgan fingerprint density at radius 1 is 1.20 bits per heavy atom. The molecule has 0 saturated carbocycles. The monoisotopic (exact) mass is 428 g/mol. The first-order valence-corrected chi connectivity index (χ1v) is 11.6. The molecule has 162 valence electrons. The van der Waals surface area contributed by atoms with E-state index < -0.39 is 0 Å². The molecule has 1 heterocycles. The zero-order valence-corrected chi connectivity index (χ0v) is 19.2. The molecule has 2 aromatic rings. The van der Waals surface area contributed by atoms with E-state index in [0.29, 0.717) is 12.5 Å². The second-order valence-electron chi connectivity index (χ2n) is 8.40. The van der Waals surface area contributed by atoms with Crippen molar-refractivity contribution in [2.45, 2.75) is 57.0 Å². The fraction of sp³-hybridized carbons (Fsp3) is 0.522. The zero-order chi connectivity index (χ0) is 21.7. The number of likely N-dealkylation sites (N-methyl/N-ethyl adjacent to an activating group) is 1. The number of carbonyl (C=O) groups is 1. The lowest BCUT2D eigenvalue weighted by atomic mass is 9.97. The molecule has 0 unspecified atom stereocenters. The van der Waals surface area contributed by atoms with Gasteiger partial charge in [-0.05, 0) is 63.4 Å². The maximum Gasteiger partial charge on any atom is 0.348 e. The van der Waals surface area contributed by atoms with Gasteiger partial charge in [-0.1, -0.05) is 37.7 Å².